The van der Waals surface area contributed by atoms with Gasteiger partial charge in [-0.3, -0.25) is 0 Å². The van der Waals surface area contributed by atoms with Gasteiger partial charge >= 0.3 is 12.4 Å². The molecule has 0 bridgehead atoms. The van der Waals surface area contributed by atoms with Gasteiger partial charge in [-0.15, -0.1) is 0 Å². The van der Waals surface area contributed by atoms with Crippen molar-refractivity contribution in [3.8, 4) is 0 Å². The molecule has 3 aliphatic rings. The van der Waals surface area contributed by atoms with E-state index in [0.29, 0.717) is 12.6 Å². The van der Waals surface area contributed by atoms with Crippen molar-refractivity contribution in [2.75, 3.05) is 13.2 Å². The molecule has 0 N–H and O–H groups in total. The number of rotatable bonds is 3. The van der Waals surface area contributed by atoms with Crippen LogP contribution in [0.25, 0.3) is 0 Å². The lowest BCUT2D eigenvalue weighted by Crippen LogP contribution is -2.50. The van der Waals surface area contributed by atoms with Crippen LogP contribution in [0.4, 0.5) is 26.3 Å². The Balaban J connectivity index is 2.09. The molecule has 0 spiro atoms. The topological polar surface area (TPSA) is 32.6 Å². The number of hydrogen-bond donors (Lipinski definition) is 0. The molecule has 0 aromatic carbocycles. The van der Waals surface area contributed by atoms with Crippen molar-refractivity contribution in [1.29, 1.82) is 0 Å². The molecule has 0 saturated carbocycles. The third-order valence-electron chi connectivity index (χ3n) is 5.02. The maximum atomic E-state index is 13.3. The summed E-state index contributed by atoms with van der Waals surface area (Å²) in [6, 6.07) is -1.60. The molecule has 1 unspecified atom stereocenters. The lowest BCUT2D eigenvalue weighted by Gasteiger charge is -2.44. The van der Waals surface area contributed by atoms with Crippen LogP contribution in [0, 0.1) is 10.8 Å². The summed E-state index contributed by atoms with van der Waals surface area (Å²) < 4.78 is 85.3. The van der Waals surface area contributed by atoms with Crippen LogP contribution >= 0.6 is 0 Å². The normalized spacial score (nSPS) is 25.9. The van der Waals surface area contributed by atoms with Crippen molar-refractivity contribution in [2.24, 2.45) is 5.92 Å². The second-order valence-corrected chi connectivity index (χ2v) is 7.71. The van der Waals surface area contributed by atoms with Gasteiger partial charge in [0.15, 0.2) is 0 Å². The highest BCUT2D eigenvalue weighted by Gasteiger charge is 2.49. The minimum absolute atomic E-state index is 0.0128. The molecule has 0 fully saturated rings. The summed E-state index contributed by atoms with van der Waals surface area (Å²) in [6.07, 6.45) is -7.30. The molecule has 0 radical (unpaired) electrons. The summed E-state index contributed by atoms with van der Waals surface area (Å²) in [7, 11) is 0. The number of halogens is 6. The third-order valence-corrected chi connectivity index (χ3v) is 5.02. The van der Waals surface area contributed by atoms with Crippen molar-refractivity contribution < 1.29 is 35.8 Å². The lowest BCUT2D eigenvalue weighted by molar-refractivity contribution is -0.516. The van der Waals surface area contributed by atoms with E-state index in [1.165, 1.54) is 0 Å². The Hall–Kier alpha value is -2.00. The average molecular weight is 411 g/mol. The Labute approximate surface area is 158 Å². The zero-order chi connectivity index (χ0) is 20.9. The average Bonchev–Trinajstić information content (AvgIpc) is 2.53. The van der Waals surface area contributed by atoms with Gasteiger partial charge in [0.2, 0.25) is 12.2 Å². The highest BCUT2D eigenvalue weighted by Crippen LogP contribution is 2.44. The summed E-state index contributed by atoms with van der Waals surface area (Å²) in [5.74, 6) is 0.288. The van der Waals surface area contributed by atoms with Crippen molar-refractivity contribution in [3.63, 3.8) is 0 Å². The molecule has 1 aliphatic carbocycles. The molecule has 28 heavy (non-hydrogen) atoms. The van der Waals surface area contributed by atoms with E-state index in [1.807, 2.05) is 13.8 Å². The van der Waals surface area contributed by atoms with Gasteiger partial charge in [-0.25, -0.2) is 0 Å². The van der Waals surface area contributed by atoms with Crippen LogP contribution in [-0.4, -0.2) is 47.2 Å². The van der Waals surface area contributed by atoms with Crippen molar-refractivity contribution >= 4 is 0 Å². The van der Waals surface area contributed by atoms with Crippen molar-refractivity contribution in [3.05, 3.63) is 39.8 Å². The van der Waals surface area contributed by atoms with E-state index in [4.69, 9.17) is 4.74 Å². The van der Waals surface area contributed by atoms with E-state index < -0.39 is 36.6 Å². The molecule has 10 heteroatoms. The predicted molar refractivity (Wildman–Crippen MR) is 87.9 cm³/mol. The molecule has 0 saturated heterocycles. The quantitative estimate of drug-likeness (QED) is 0.492. The number of ether oxygens (including phenoxy) is 1. The first-order chi connectivity index (χ1) is 12.9. The van der Waals surface area contributed by atoms with E-state index >= 15 is 0 Å². The molecular formula is C18H21F6N2O2+. The van der Waals surface area contributed by atoms with Gasteiger partial charge in [0, 0.05) is 22.5 Å². The number of alkyl halides is 6. The fraction of sp³-hybridized carbons (Fsp3) is 0.667. The van der Waals surface area contributed by atoms with Crippen LogP contribution in [0.1, 0.15) is 33.1 Å². The first-order valence-electron chi connectivity index (χ1n) is 9.02. The van der Waals surface area contributed by atoms with Crippen LogP contribution in [0.15, 0.2) is 34.9 Å². The maximum absolute atomic E-state index is 13.3. The second kappa shape index (κ2) is 7.11. The van der Waals surface area contributed by atoms with Gasteiger partial charge in [-0.1, -0.05) is 13.8 Å². The van der Waals surface area contributed by atoms with Crippen LogP contribution in [0.3, 0.4) is 0 Å². The molecule has 2 atom stereocenters. The molecule has 2 aliphatic heterocycles. The standard InChI is InChI=1S/C18H21F6N2O2/c1-10(2)5-12-8-28-15-4-3-14-13(16(15)25(12)9-17(19,20)21)6-11(7-26(14)27)18(22,23)24/h6-7,10,12,14H,3-5,8-9H2,1-2H3/q+1/t12-,14?/m1/s1. The van der Waals surface area contributed by atoms with Crippen molar-refractivity contribution in [1.82, 2.24) is 4.90 Å². The van der Waals surface area contributed by atoms with E-state index in [0.717, 1.165) is 11.0 Å². The molecule has 156 valence electrons. The van der Waals surface area contributed by atoms with Crippen LogP contribution in [0.5, 0.6) is 0 Å². The van der Waals surface area contributed by atoms with Gasteiger partial charge in [0.05, 0.1) is 17.3 Å². The SMILES string of the molecule is CC(C)C[C@@H]1COC2=C(C3=CC(C(F)(F)F)=C[N+](=O)C3CC2)N1CC(F)(F)F. The maximum Gasteiger partial charge on any atom is 0.422 e. The first-order valence-corrected chi connectivity index (χ1v) is 9.02. The van der Waals surface area contributed by atoms with Gasteiger partial charge in [-0.2, -0.15) is 26.3 Å². The Morgan fingerprint density at radius 2 is 1.93 bits per heavy atom. The van der Waals surface area contributed by atoms with Crippen LogP contribution in [-0.2, 0) is 4.74 Å². The van der Waals surface area contributed by atoms with Gasteiger partial charge in [0.25, 0.3) is 0 Å². The van der Waals surface area contributed by atoms with E-state index in [9.17, 15) is 31.2 Å². The van der Waals surface area contributed by atoms with Gasteiger partial charge in [0.1, 0.15) is 24.5 Å². The Morgan fingerprint density at radius 3 is 2.50 bits per heavy atom. The fourth-order valence-electron chi connectivity index (χ4n) is 3.95. The van der Waals surface area contributed by atoms with E-state index in [1.54, 1.807) is 0 Å². The monoisotopic (exact) mass is 411 g/mol. The number of allylic oxidation sites excluding steroid dienone is 3. The first kappa shape index (κ1) is 20.7. The highest BCUT2D eigenvalue weighted by molar-refractivity contribution is 5.46. The Morgan fingerprint density at radius 1 is 1.25 bits per heavy atom. The van der Waals surface area contributed by atoms with E-state index in [2.05, 4.69) is 0 Å². The number of fused-ring (bicyclic) bond motifs is 2. The van der Waals surface area contributed by atoms with Crippen molar-refractivity contribution in [2.45, 2.75) is 57.5 Å². The number of hydrogen-bond acceptors (Lipinski definition) is 3. The molecule has 2 heterocycles. The fourth-order valence-corrected chi connectivity index (χ4v) is 3.95. The summed E-state index contributed by atoms with van der Waals surface area (Å²) in [6.45, 7) is 2.43. The summed E-state index contributed by atoms with van der Waals surface area (Å²) in [4.78, 5) is 13.3. The predicted octanol–water partition coefficient (Wildman–Crippen LogP) is 4.83. The zero-order valence-corrected chi connectivity index (χ0v) is 15.4. The summed E-state index contributed by atoms with van der Waals surface area (Å²) in [5, 5.41) is 0. The van der Waals surface area contributed by atoms with Crippen LogP contribution in [0.2, 0.25) is 0 Å². The largest absolute Gasteiger partial charge is 0.494 e. The summed E-state index contributed by atoms with van der Waals surface area (Å²) in [5.41, 5.74) is -1.25. The number of nitrogens with zero attached hydrogens (tertiary/aromatic N) is 2. The van der Waals surface area contributed by atoms with Gasteiger partial charge in [-0.05, 0) is 18.4 Å². The Bertz CT molecular complexity index is 748. The summed E-state index contributed by atoms with van der Waals surface area (Å²) >= 11 is 0. The molecule has 0 amide bonds. The smallest absolute Gasteiger partial charge is 0.422 e. The molecule has 0 aromatic rings. The molecule has 4 nitrogen and oxygen atoms in total. The Kier molecular flexibility index (Phi) is 5.26. The zero-order valence-electron chi connectivity index (χ0n) is 15.4. The van der Waals surface area contributed by atoms with Gasteiger partial charge < -0.3 is 9.64 Å². The second-order valence-electron chi connectivity index (χ2n) is 7.71. The lowest BCUT2D eigenvalue weighted by atomic mass is 9.85. The van der Waals surface area contributed by atoms with E-state index in [-0.39, 0.29) is 47.2 Å². The molecular weight excluding hydrogens is 390 g/mol. The number of nitroso groups, excluding NO2 is 1. The third kappa shape index (κ3) is 4.20. The highest BCUT2D eigenvalue weighted by atomic mass is 19.4. The molecule has 0 aromatic heterocycles. The van der Waals surface area contributed by atoms with Crippen LogP contribution < -0.4 is 0 Å². The minimum atomic E-state index is -4.78. The molecule has 3 rings (SSSR count). The minimum Gasteiger partial charge on any atom is -0.494 e.